The lowest BCUT2D eigenvalue weighted by atomic mass is 9.97. The molecule has 0 spiro atoms. The first-order valence-corrected chi connectivity index (χ1v) is 11.4. The quantitative estimate of drug-likeness (QED) is 0.546. The molecule has 1 saturated heterocycles. The largest absolute Gasteiger partial charge is 0.497 e. The Morgan fingerprint density at radius 1 is 1.06 bits per heavy atom. The number of carbonyl (C=O) groups is 1. The molecule has 4 rings (SSSR count). The monoisotopic (exact) mass is 501 g/mol. The van der Waals surface area contributed by atoms with Gasteiger partial charge in [-0.25, -0.2) is 4.79 Å². The highest BCUT2D eigenvalue weighted by Gasteiger charge is 2.38. The van der Waals surface area contributed by atoms with Gasteiger partial charge in [-0.1, -0.05) is 36.8 Å². The molecule has 0 radical (unpaired) electrons. The van der Waals surface area contributed by atoms with Crippen LogP contribution in [0.4, 0.5) is 13.2 Å². The van der Waals surface area contributed by atoms with Crippen LogP contribution in [0.25, 0.3) is 21.9 Å². The van der Waals surface area contributed by atoms with Gasteiger partial charge in [-0.2, -0.15) is 18.4 Å². The number of alkyl halides is 3. The highest BCUT2D eigenvalue weighted by molar-refractivity contribution is 5.99. The summed E-state index contributed by atoms with van der Waals surface area (Å²) in [6.07, 6.45) is -1.41. The van der Waals surface area contributed by atoms with Gasteiger partial charge in [-0.15, -0.1) is 0 Å². The minimum absolute atomic E-state index is 0.115. The number of carboxylic acids is 1. The average Bonchev–Trinajstić information content (AvgIpc) is 2.88. The summed E-state index contributed by atoms with van der Waals surface area (Å²) in [4.78, 5) is 24.6. The second kappa shape index (κ2) is 11.7. The summed E-state index contributed by atoms with van der Waals surface area (Å²) < 4.78 is 38.8. The molecule has 10 heteroatoms. The molecule has 2 aromatic carbocycles. The summed E-state index contributed by atoms with van der Waals surface area (Å²) in [6.45, 7) is 3.42. The Labute approximate surface area is 205 Å². The molecule has 0 aliphatic carbocycles. The third kappa shape index (κ3) is 6.23. The SMILES string of the molecule is COc1ccc2c(=O)n(CCN3CCCCC3)c(C#N)c(-c3ccccc3)c2c1.O=C(O)C(F)(F)F. The van der Waals surface area contributed by atoms with Gasteiger partial charge in [-0.05, 0) is 49.7 Å². The van der Waals surface area contributed by atoms with Crippen molar-refractivity contribution in [3.63, 3.8) is 0 Å². The number of hydrogen-bond acceptors (Lipinski definition) is 5. The fourth-order valence-electron chi connectivity index (χ4n) is 4.20. The molecule has 0 saturated carbocycles. The molecule has 1 aliphatic heterocycles. The van der Waals surface area contributed by atoms with Crippen molar-refractivity contribution in [3.8, 4) is 22.9 Å². The van der Waals surface area contributed by atoms with Gasteiger partial charge in [0, 0.05) is 29.4 Å². The molecule has 0 atom stereocenters. The van der Waals surface area contributed by atoms with Crippen molar-refractivity contribution in [1.82, 2.24) is 9.47 Å². The Morgan fingerprint density at radius 3 is 2.25 bits per heavy atom. The van der Waals surface area contributed by atoms with Crippen LogP contribution in [0.15, 0.2) is 53.3 Å². The lowest BCUT2D eigenvalue weighted by Crippen LogP contribution is -2.35. The van der Waals surface area contributed by atoms with Crippen LogP contribution >= 0.6 is 0 Å². The number of piperidine rings is 1. The van der Waals surface area contributed by atoms with Crippen molar-refractivity contribution in [2.24, 2.45) is 0 Å². The predicted molar refractivity (Wildman–Crippen MR) is 129 cm³/mol. The summed E-state index contributed by atoms with van der Waals surface area (Å²) in [7, 11) is 1.61. The number of pyridine rings is 1. The van der Waals surface area contributed by atoms with Gasteiger partial charge in [-0.3, -0.25) is 9.36 Å². The smallest absolute Gasteiger partial charge is 0.490 e. The summed E-state index contributed by atoms with van der Waals surface area (Å²) in [5.41, 5.74) is 2.02. The first kappa shape index (κ1) is 26.8. The van der Waals surface area contributed by atoms with E-state index in [1.54, 1.807) is 17.7 Å². The highest BCUT2D eigenvalue weighted by Crippen LogP contribution is 2.32. The van der Waals surface area contributed by atoms with Gasteiger partial charge < -0.3 is 14.7 Å². The highest BCUT2D eigenvalue weighted by atomic mass is 19.4. The number of likely N-dealkylation sites (tertiary alicyclic amines) is 1. The number of halogens is 3. The van der Waals surface area contributed by atoms with Crippen molar-refractivity contribution >= 4 is 16.7 Å². The van der Waals surface area contributed by atoms with Crippen molar-refractivity contribution in [1.29, 1.82) is 5.26 Å². The molecule has 3 aromatic rings. The number of carboxylic acid groups (broad SMARTS) is 1. The van der Waals surface area contributed by atoms with Crippen molar-refractivity contribution < 1.29 is 27.8 Å². The second-order valence-electron chi connectivity index (χ2n) is 8.27. The maximum absolute atomic E-state index is 13.3. The molecular weight excluding hydrogens is 475 g/mol. The van der Waals surface area contributed by atoms with Gasteiger partial charge in [0.2, 0.25) is 0 Å². The average molecular weight is 502 g/mol. The number of nitriles is 1. The van der Waals surface area contributed by atoms with Gasteiger partial charge >= 0.3 is 12.1 Å². The zero-order valence-corrected chi connectivity index (χ0v) is 19.7. The van der Waals surface area contributed by atoms with Gasteiger partial charge in [0.25, 0.3) is 5.56 Å². The van der Waals surface area contributed by atoms with E-state index >= 15 is 0 Å². The van der Waals surface area contributed by atoms with Gasteiger partial charge in [0.15, 0.2) is 0 Å². The van der Waals surface area contributed by atoms with Crippen molar-refractivity contribution in [2.45, 2.75) is 32.0 Å². The molecule has 36 heavy (non-hydrogen) atoms. The van der Waals surface area contributed by atoms with E-state index in [-0.39, 0.29) is 5.56 Å². The number of aromatic nitrogens is 1. The van der Waals surface area contributed by atoms with E-state index in [0.717, 1.165) is 36.1 Å². The lowest BCUT2D eigenvalue weighted by molar-refractivity contribution is -0.192. The van der Waals surface area contributed by atoms with E-state index in [1.165, 1.54) is 19.3 Å². The molecule has 1 N–H and O–H groups in total. The van der Waals surface area contributed by atoms with E-state index < -0.39 is 12.1 Å². The predicted octanol–water partition coefficient (Wildman–Crippen LogP) is 4.67. The maximum atomic E-state index is 13.3. The number of aliphatic carboxylic acids is 1. The van der Waals surface area contributed by atoms with Crippen LogP contribution in [-0.4, -0.2) is 53.5 Å². The second-order valence-corrected chi connectivity index (χ2v) is 8.27. The Bertz CT molecular complexity index is 1310. The molecule has 1 aliphatic rings. The van der Waals surface area contributed by atoms with Gasteiger partial charge in [0.05, 0.1) is 7.11 Å². The van der Waals surface area contributed by atoms with Crippen LogP contribution in [0.1, 0.15) is 25.0 Å². The number of ether oxygens (including phenoxy) is 1. The summed E-state index contributed by atoms with van der Waals surface area (Å²) in [5.74, 6) is -2.09. The zero-order chi connectivity index (χ0) is 26.3. The number of methoxy groups -OCH3 is 1. The molecule has 2 heterocycles. The molecule has 0 bridgehead atoms. The van der Waals surface area contributed by atoms with Crippen LogP contribution in [0.3, 0.4) is 0 Å². The number of hydrogen-bond donors (Lipinski definition) is 1. The Hall–Kier alpha value is -3.84. The van der Waals surface area contributed by atoms with Crippen LogP contribution in [0.2, 0.25) is 0 Å². The Kier molecular flexibility index (Phi) is 8.72. The third-order valence-corrected chi connectivity index (χ3v) is 5.98. The Morgan fingerprint density at radius 2 is 1.69 bits per heavy atom. The molecule has 7 nitrogen and oxygen atoms in total. The topological polar surface area (TPSA) is 95.6 Å². The molecule has 190 valence electrons. The number of nitrogens with zero attached hydrogens (tertiary/aromatic N) is 3. The summed E-state index contributed by atoms with van der Waals surface area (Å²) in [5, 5.41) is 18.5. The number of fused-ring (bicyclic) bond motifs is 1. The Balaban J connectivity index is 0.000000454. The van der Waals surface area contributed by atoms with E-state index in [4.69, 9.17) is 14.6 Å². The van der Waals surface area contributed by atoms with E-state index in [0.29, 0.717) is 23.4 Å². The van der Waals surface area contributed by atoms with E-state index in [1.807, 2.05) is 42.5 Å². The van der Waals surface area contributed by atoms with Crippen LogP contribution in [0.5, 0.6) is 5.75 Å². The fraction of sp³-hybridized carbons (Fsp3) is 0.346. The van der Waals surface area contributed by atoms with E-state index in [2.05, 4.69) is 11.0 Å². The molecule has 0 amide bonds. The minimum Gasteiger partial charge on any atom is -0.497 e. The number of benzene rings is 2. The summed E-state index contributed by atoms with van der Waals surface area (Å²) >= 11 is 0. The third-order valence-electron chi connectivity index (χ3n) is 5.98. The first-order chi connectivity index (χ1) is 17.2. The van der Waals surface area contributed by atoms with Gasteiger partial charge in [0.1, 0.15) is 17.5 Å². The number of rotatable bonds is 5. The van der Waals surface area contributed by atoms with Crippen LogP contribution < -0.4 is 10.3 Å². The van der Waals surface area contributed by atoms with Crippen LogP contribution in [0, 0.1) is 11.3 Å². The zero-order valence-electron chi connectivity index (χ0n) is 19.7. The van der Waals surface area contributed by atoms with Crippen molar-refractivity contribution in [2.75, 3.05) is 26.7 Å². The molecular formula is C26H26F3N3O4. The van der Waals surface area contributed by atoms with E-state index in [9.17, 15) is 23.2 Å². The first-order valence-electron chi connectivity index (χ1n) is 11.4. The lowest BCUT2D eigenvalue weighted by Gasteiger charge is -2.27. The summed E-state index contributed by atoms with van der Waals surface area (Å²) in [6, 6.07) is 17.6. The van der Waals surface area contributed by atoms with Crippen LogP contribution in [-0.2, 0) is 11.3 Å². The minimum atomic E-state index is -5.08. The van der Waals surface area contributed by atoms with Crippen molar-refractivity contribution in [3.05, 3.63) is 64.6 Å². The standard InChI is InChI=1S/C24H25N3O2.C2HF3O2/c1-29-19-10-11-20-21(16-19)23(18-8-4-2-5-9-18)22(17-25)27(24(20)28)15-14-26-12-6-3-7-13-26;3-2(4,5)1(6)7/h2,4-5,8-11,16H,3,6-7,12-15H2,1H3;(H,6,7). The normalized spacial score (nSPS) is 14.0. The molecule has 0 unspecified atom stereocenters. The maximum Gasteiger partial charge on any atom is 0.490 e. The molecule has 1 fully saturated rings. The molecule has 1 aromatic heterocycles. The fourth-order valence-corrected chi connectivity index (χ4v) is 4.20.